The van der Waals surface area contributed by atoms with Crippen LogP contribution in [0.25, 0.3) is 0 Å². The van der Waals surface area contributed by atoms with Crippen molar-refractivity contribution in [1.82, 2.24) is 4.90 Å². The van der Waals surface area contributed by atoms with E-state index in [0.29, 0.717) is 10.0 Å². The molecule has 7 heteroatoms. The number of nitro benzene ring substituents is 1. The summed E-state index contributed by atoms with van der Waals surface area (Å²) < 4.78 is 0. The van der Waals surface area contributed by atoms with Gasteiger partial charge < -0.3 is 4.90 Å². The number of benzene rings is 2. The van der Waals surface area contributed by atoms with Crippen LogP contribution in [-0.2, 0) is 6.54 Å². The Balaban J connectivity index is 1.60. The molecule has 1 heterocycles. The quantitative estimate of drug-likeness (QED) is 0.600. The lowest BCUT2D eigenvalue weighted by Gasteiger charge is -2.36. The van der Waals surface area contributed by atoms with Gasteiger partial charge in [-0.05, 0) is 24.3 Å². The number of rotatable bonds is 4. The molecule has 0 radical (unpaired) electrons. The van der Waals surface area contributed by atoms with Crippen molar-refractivity contribution in [1.29, 1.82) is 0 Å². The maximum Gasteiger partial charge on any atom is 0.269 e. The molecular formula is C17H17Cl2N3O2. The minimum Gasteiger partial charge on any atom is -0.369 e. The first-order valence-electron chi connectivity index (χ1n) is 7.69. The second-order valence-electron chi connectivity index (χ2n) is 5.74. The standard InChI is InChI=1S/C17H17Cl2N3O2/c18-16-2-1-3-17(19)15(16)12-20-8-10-21(11-9-20)13-4-6-14(7-5-13)22(23)24/h1-7H,8-12H2. The molecule has 1 aliphatic heterocycles. The summed E-state index contributed by atoms with van der Waals surface area (Å²) in [6, 6.07) is 12.3. The molecule has 0 bridgehead atoms. The van der Waals surface area contributed by atoms with Gasteiger partial charge in [0.15, 0.2) is 0 Å². The van der Waals surface area contributed by atoms with Crippen LogP contribution in [0.4, 0.5) is 11.4 Å². The highest BCUT2D eigenvalue weighted by atomic mass is 35.5. The monoisotopic (exact) mass is 365 g/mol. The minimum absolute atomic E-state index is 0.116. The molecule has 1 fully saturated rings. The van der Waals surface area contributed by atoms with Crippen molar-refractivity contribution in [2.24, 2.45) is 0 Å². The van der Waals surface area contributed by atoms with Crippen LogP contribution in [0.2, 0.25) is 10.0 Å². The Morgan fingerprint density at radius 1 is 0.958 bits per heavy atom. The minimum atomic E-state index is -0.380. The molecular weight excluding hydrogens is 349 g/mol. The van der Waals surface area contributed by atoms with Gasteiger partial charge in [0.25, 0.3) is 5.69 Å². The van der Waals surface area contributed by atoms with E-state index >= 15 is 0 Å². The third-order valence-electron chi connectivity index (χ3n) is 4.24. The summed E-state index contributed by atoms with van der Waals surface area (Å²) in [5.74, 6) is 0. The molecule has 0 unspecified atom stereocenters. The fourth-order valence-electron chi connectivity index (χ4n) is 2.86. The van der Waals surface area contributed by atoms with E-state index in [1.165, 1.54) is 0 Å². The molecule has 0 saturated carbocycles. The number of hydrogen-bond donors (Lipinski definition) is 0. The largest absolute Gasteiger partial charge is 0.369 e. The van der Waals surface area contributed by atoms with Gasteiger partial charge in [-0.3, -0.25) is 15.0 Å². The van der Waals surface area contributed by atoms with E-state index in [-0.39, 0.29) is 10.6 Å². The number of non-ortho nitro benzene ring substituents is 1. The summed E-state index contributed by atoms with van der Waals surface area (Å²) in [6.07, 6.45) is 0. The van der Waals surface area contributed by atoms with Crippen molar-refractivity contribution in [2.75, 3.05) is 31.1 Å². The molecule has 0 aliphatic carbocycles. The fraction of sp³-hybridized carbons (Fsp3) is 0.294. The highest BCUT2D eigenvalue weighted by Crippen LogP contribution is 2.27. The normalized spacial score (nSPS) is 15.5. The lowest BCUT2D eigenvalue weighted by Crippen LogP contribution is -2.46. The molecule has 0 N–H and O–H groups in total. The van der Waals surface area contributed by atoms with Gasteiger partial charge in [0.1, 0.15) is 0 Å². The van der Waals surface area contributed by atoms with Gasteiger partial charge >= 0.3 is 0 Å². The Bertz CT molecular complexity index is 709. The number of nitro groups is 1. The molecule has 2 aromatic carbocycles. The molecule has 0 atom stereocenters. The van der Waals surface area contributed by atoms with Gasteiger partial charge in [0, 0.05) is 66.2 Å². The average Bonchev–Trinajstić information content (AvgIpc) is 2.59. The molecule has 0 spiro atoms. The van der Waals surface area contributed by atoms with E-state index in [9.17, 15) is 10.1 Å². The smallest absolute Gasteiger partial charge is 0.269 e. The molecule has 2 aromatic rings. The molecule has 1 saturated heterocycles. The number of hydrogen-bond acceptors (Lipinski definition) is 4. The van der Waals surface area contributed by atoms with E-state index in [1.807, 2.05) is 18.2 Å². The molecule has 3 rings (SSSR count). The van der Waals surface area contributed by atoms with Crippen LogP contribution in [0.3, 0.4) is 0 Å². The van der Waals surface area contributed by atoms with Gasteiger partial charge in [-0.2, -0.15) is 0 Å². The third-order valence-corrected chi connectivity index (χ3v) is 4.95. The summed E-state index contributed by atoms with van der Waals surface area (Å²) >= 11 is 12.5. The van der Waals surface area contributed by atoms with Crippen molar-refractivity contribution in [3.05, 3.63) is 68.2 Å². The lowest BCUT2D eigenvalue weighted by atomic mass is 10.2. The van der Waals surface area contributed by atoms with Gasteiger partial charge in [0.2, 0.25) is 0 Å². The van der Waals surface area contributed by atoms with E-state index < -0.39 is 0 Å². The zero-order valence-electron chi connectivity index (χ0n) is 13.0. The van der Waals surface area contributed by atoms with Crippen molar-refractivity contribution < 1.29 is 4.92 Å². The van der Waals surface area contributed by atoms with Gasteiger partial charge in [-0.25, -0.2) is 0 Å². The van der Waals surface area contributed by atoms with Gasteiger partial charge in [-0.15, -0.1) is 0 Å². The van der Waals surface area contributed by atoms with E-state index in [0.717, 1.165) is 44.0 Å². The Morgan fingerprint density at radius 2 is 1.54 bits per heavy atom. The van der Waals surface area contributed by atoms with Crippen molar-refractivity contribution in [3.8, 4) is 0 Å². The summed E-state index contributed by atoms with van der Waals surface area (Å²) in [5.41, 5.74) is 2.09. The number of nitrogens with zero attached hydrogens (tertiary/aromatic N) is 3. The van der Waals surface area contributed by atoms with Gasteiger partial charge in [-0.1, -0.05) is 29.3 Å². The zero-order valence-corrected chi connectivity index (χ0v) is 14.5. The second-order valence-corrected chi connectivity index (χ2v) is 6.55. The number of halogens is 2. The highest BCUT2D eigenvalue weighted by molar-refractivity contribution is 6.35. The van der Waals surface area contributed by atoms with E-state index in [2.05, 4.69) is 9.80 Å². The highest BCUT2D eigenvalue weighted by Gasteiger charge is 2.19. The molecule has 126 valence electrons. The zero-order chi connectivity index (χ0) is 17.1. The van der Waals surface area contributed by atoms with E-state index in [4.69, 9.17) is 23.2 Å². The van der Waals surface area contributed by atoms with Crippen molar-refractivity contribution >= 4 is 34.6 Å². The number of anilines is 1. The predicted molar refractivity (Wildman–Crippen MR) is 97.0 cm³/mol. The Kier molecular flexibility index (Phi) is 5.23. The molecule has 24 heavy (non-hydrogen) atoms. The predicted octanol–water partition coefficient (Wildman–Crippen LogP) is 4.22. The Labute approximate surface area is 150 Å². The first-order chi connectivity index (χ1) is 11.5. The Hall–Kier alpha value is -1.82. The number of piperazine rings is 1. The molecule has 0 amide bonds. The van der Waals surface area contributed by atoms with Crippen LogP contribution >= 0.6 is 23.2 Å². The van der Waals surface area contributed by atoms with Crippen molar-refractivity contribution in [2.45, 2.75) is 6.54 Å². The average molecular weight is 366 g/mol. The van der Waals surface area contributed by atoms with Crippen molar-refractivity contribution in [3.63, 3.8) is 0 Å². The maximum absolute atomic E-state index is 10.7. The van der Waals surface area contributed by atoms with Gasteiger partial charge in [0.05, 0.1) is 4.92 Å². The summed E-state index contributed by atoms with van der Waals surface area (Å²) in [7, 11) is 0. The molecule has 0 aromatic heterocycles. The van der Waals surface area contributed by atoms with Crippen LogP contribution in [0.15, 0.2) is 42.5 Å². The summed E-state index contributed by atoms with van der Waals surface area (Å²) in [4.78, 5) is 14.9. The first-order valence-corrected chi connectivity index (χ1v) is 8.45. The van der Waals surface area contributed by atoms with Crippen LogP contribution < -0.4 is 4.90 Å². The van der Waals surface area contributed by atoms with E-state index in [1.54, 1.807) is 24.3 Å². The fourth-order valence-corrected chi connectivity index (χ4v) is 3.37. The summed E-state index contributed by atoms with van der Waals surface area (Å²) in [5, 5.41) is 12.1. The maximum atomic E-state index is 10.7. The third kappa shape index (κ3) is 3.80. The Morgan fingerprint density at radius 3 is 2.08 bits per heavy atom. The first kappa shape index (κ1) is 17.0. The lowest BCUT2D eigenvalue weighted by molar-refractivity contribution is -0.384. The van der Waals surface area contributed by atoms with Crippen LogP contribution in [-0.4, -0.2) is 36.0 Å². The molecule has 1 aliphatic rings. The SMILES string of the molecule is O=[N+]([O-])c1ccc(N2CCN(Cc3c(Cl)cccc3Cl)CC2)cc1. The topological polar surface area (TPSA) is 49.6 Å². The second kappa shape index (κ2) is 7.38. The van der Waals surface area contributed by atoms with Crippen LogP contribution in [0, 0.1) is 10.1 Å². The summed E-state index contributed by atoms with van der Waals surface area (Å²) in [6.45, 7) is 4.23. The molecule has 5 nitrogen and oxygen atoms in total. The van der Waals surface area contributed by atoms with Crippen LogP contribution in [0.1, 0.15) is 5.56 Å². The van der Waals surface area contributed by atoms with Crippen LogP contribution in [0.5, 0.6) is 0 Å².